The normalized spacial score (nSPS) is 11.6. The molecule has 0 spiro atoms. The van der Waals surface area contributed by atoms with Gasteiger partial charge in [-0.3, -0.25) is 0 Å². The van der Waals surface area contributed by atoms with Crippen LogP contribution in [-0.2, 0) is 16.6 Å². The predicted molar refractivity (Wildman–Crippen MR) is 62.4 cm³/mol. The average Bonchev–Trinajstić information content (AvgIpc) is 2.24. The van der Waals surface area contributed by atoms with Crippen LogP contribution in [0.3, 0.4) is 0 Å². The van der Waals surface area contributed by atoms with E-state index in [2.05, 4.69) is 4.72 Å². The van der Waals surface area contributed by atoms with Crippen molar-refractivity contribution in [3.63, 3.8) is 0 Å². The minimum atomic E-state index is -3.31. The monoisotopic (exact) mass is 265 g/mol. The van der Waals surface area contributed by atoms with Gasteiger partial charge in [-0.05, 0) is 24.1 Å². The molecule has 6 heteroatoms. The van der Waals surface area contributed by atoms with Crippen molar-refractivity contribution < 1.29 is 12.8 Å². The molecule has 0 aliphatic rings. The highest BCUT2D eigenvalue weighted by atomic mass is 35.5. The summed E-state index contributed by atoms with van der Waals surface area (Å²) < 4.78 is 37.9. The minimum absolute atomic E-state index is 0.00812. The van der Waals surface area contributed by atoms with Crippen molar-refractivity contribution in [2.24, 2.45) is 0 Å². The summed E-state index contributed by atoms with van der Waals surface area (Å²) in [5.41, 5.74) is 0.592. The minimum Gasteiger partial charge on any atom is -0.212 e. The van der Waals surface area contributed by atoms with E-state index < -0.39 is 10.0 Å². The molecule has 0 fully saturated rings. The van der Waals surface area contributed by atoms with E-state index in [9.17, 15) is 12.8 Å². The van der Waals surface area contributed by atoms with Gasteiger partial charge in [0.2, 0.25) is 10.0 Å². The summed E-state index contributed by atoms with van der Waals surface area (Å²) in [6, 6.07) is 5.81. The van der Waals surface area contributed by atoms with Gasteiger partial charge in [0.15, 0.2) is 0 Å². The Morgan fingerprint density at radius 1 is 1.38 bits per heavy atom. The number of halogens is 2. The lowest BCUT2D eigenvalue weighted by Crippen LogP contribution is -2.26. The summed E-state index contributed by atoms with van der Waals surface area (Å²) in [6.45, 7) is 0.0996. The van der Waals surface area contributed by atoms with Gasteiger partial charge in [0, 0.05) is 12.4 Å². The zero-order valence-electron chi connectivity index (χ0n) is 8.62. The van der Waals surface area contributed by atoms with E-state index in [1.54, 1.807) is 6.07 Å². The molecular weight excluding hydrogens is 253 g/mol. The molecule has 3 nitrogen and oxygen atoms in total. The zero-order chi connectivity index (χ0) is 12.0. The highest BCUT2D eigenvalue weighted by Crippen LogP contribution is 2.03. The fraction of sp³-hybridized carbons (Fsp3) is 0.400. The van der Waals surface area contributed by atoms with Crippen LogP contribution in [0.2, 0.25) is 0 Å². The Bertz CT molecular complexity index is 436. The Morgan fingerprint density at radius 2 is 2.12 bits per heavy atom. The maximum atomic E-state index is 12.8. The van der Waals surface area contributed by atoms with Crippen molar-refractivity contribution in [2.45, 2.75) is 13.0 Å². The molecule has 0 saturated carbocycles. The van der Waals surface area contributed by atoms with Crippen LogP contribution in [-0.4, -0.2) is 20.1 Å². The van der Waals surface area contributed by atoms with Gasteiger partial charge < -0.3 is 0 Å². The number of alkyl halides is 1. The molecule has 0 unspecified atom stereocenters. The highest BCUT2D eigenvalue weighted by Gasteiger charge is 2.08. The van der Waals surface area contributed by atoms with Crippen LogP contribution >= 0.6 is 11.6 Å². The maximum absolute atomic E-state index is 12.8. The Kier molecular flexibility index (Phi) is 5.18. The Balaban J connectivity index is 2.51. The number of rotatable bonds is 6. The van der Waals surface area contributed by atoms with Crippen molar-refractivity contribution in [1.29, 1.82) is 0 Å². The number of benzene rings is 1. The molecule has 16 heavy (non-hydrogen) atoms. The Labute approximate surface area is 99.7 Å². The van der Waals surface area contributed by atoms with Gasteiger partial charge in [0.25, 0.3) is 0 Å². The quantitative estimate of drug-likeness (QED) is 0.799. The molecule has 0 aromatic heterocycles. The molecule has 1 N–H and O–H groups in total. The smallest absolute Gasteiger partial charge is 0.211 e. The second kappa shape index (κ2) is 6.18. The predicted octanol–water partition coefficient (Wildman–Crippen LogP) is 1.87. The van der Waals surface area contributed by atoms with Gasteiger partial charge in [0.05, 0.1) is 5.75 Å². The van der Waals surface area contributed by atoms with Crippen molar-refractivity contribution in [3.8, 4) is 0 Å². The van der Waals surface area contributed by atoms with Gasteiger partial charge in [0.1, 0.15) is 5.82 Å². The second-order valence-electron chi connectivity index (χ2n) is 3.31. The summed E-state index contributed by atoms with van der Waals surface area (Å²) in [5.74, 6) is -0.0791. The van der Waals surface area contributed by atoms with Gasteiger partial charge in [-0.25, -0.2) is 17.5 Å². The number of sulfonamides is 1. The molecule has 1 aromatic rings. The van der Waals surface area contributed by atoms with Gasteiger partial charge in [-0.15, -0.1) is 11.6 Å². The van der Waals surface area contributed by atoms with E-state index in [0.717, 1.165) is 0 Å². The summed E-state index contributed by atoms with van der Waals surface area (Å²) in [4.78, 5) is 0. The van der Waals surface area contributed by atoms with E-state index in [1.165, 1.54) is 18.2 Å². The number of nitrogens with one attached hydrogen (secondary N) is 1. The molecule has 0 aliphatic carbocycles. The summed E-state index contributed by atoms with van der Waals surface area (Å²) in [7, 11) is -3.31. The van der Waals surface area contributed by atoms with E-state index >= 15 is 0 Å². The molecule has 0 aliphatic heterocycles. The van der Waals surface area contributed by atoms with Crippen molar-refractivity contribution in [3.05, 3.63) is 35.6 Å². The standard InChI is InChI=1S/C10H13ClFNO2S/c11-5-2-6-16(14,15)13-8-9-3-1-4-10(12)7-9/h1,3-4,7,13H,2,5-6,8H2. The molecule has 1 aromatic carbocycles. The molecule has 0 amide bonds. The van der Waals surface area contributed by atoms with E-state index in [-0.39, 0.29) is 18.1 Å². The van der Waals surface area contributed by atoms with Crippen molar-refractivity contribution in [1.82, 2.24) is 4.72 Å². The first kappa shape index (κ1) is 13.4. The SMILES string of the molecule is O=S(=O)(CCCCl)NCc1cccc(F)c1. The number of hydrogen-bond donors (Lipinski definition) is 1. The van der Waals surface area contributed by atoms with Crippen LogP contribution in [0.25, 0.3) is 0 Å². The zero-order valence-corrected chi connectivity index (χ0v) is 10.2. The summed E-state index contributed by atoms with van der Waals surface area (Å²) in [6.07, 6.45) is 0.403. The summed E-state index contributed by atoms with van der Waals surface area (Å²) in [5, 5.41) is 0. The highest BCUT2D eigenvalue weighted by molar-refractivity contribution is 7.89. The largest absolute Gasteiger partial charge is 0.212 e. The lowest BCUT2D eigenvalue weighted by atomic mass is 10.2. The second-order valence-corrected chi connectivity index (χ2v) is 5.62. The third-order valence-corrected chi connectivity index (χ3v) is 3.61. The van der Waals surface area contributed by atoms with Crippen molar-refractivity contribution in [2.75, 3.05) is 11.6 Å². The molecule has 0 heterocycles. The van der Waals surface area contributed by atoms with Crippen LogP contribution in [0.15, 0.2) is 24.3 Å². The molecule has 1 rings (SSSR count). The van der Waals surface area contributed by atoms with E-state index in [1.807, 2.05) is 0 Å². The Hall–Kier alpha value is -0.650. The Morgan fingerprint density at radius 3 is 2.75 bits per heavy atom. The number of hydrogen-bond acceptors (Lipinski definition) is 2. The fourth-order valence-corrected chi connectivity index (χ4v) is 2.50. The first-order valence-electron chi connectivity index (χ1n) is 4.81. The van der Waals surface area contributed by atoms with Crippen LogP contribution in [0.5, 0.6) is 0 Å². The molecule has 0 saturated heterocycles. The third-order valence-electron chi connectivity index (χ3n) is 1.93. The van der Waals surface area contributed by atoms with Crippen LogP contribution < -0.4 is 4.72 Å². The maximum Gasteiger partial charge on any atom is 0.211 e. The van der Waals surface area contributed by atoms with Gasteiger partial charge in [-0.2, -0.15) is 0 Å². The molecule has 0 atom stereocenters. The summed E-state index contributed by atoms with van der Waals surface area (Å²) >= 11 is 5.40. The first-order chi connectivity index (χ1) is 7.53. The first-order valence-corrected chi connectivity index (χ1v) is 7.00. The van der Waals surface area contributed by atoms with Crippen molar-refractivity contribution >= 4 is 21.6 Å². The molecule has 0 radical (unpaired) electrons. The van der Waals surface area contributed by atoms with E-state index in [0.29, 0.717) is 17.9 Å². The lowest BCUT2D eigenvalue weighted by Gasteiger charge is -2.05. The lowest BCUT2D eigenvalue weighted by molar-refractivity contribution is 0.579. The van der Waals surface area contributed by atoms with E-state index in [4.69, 9.17) is 11.6 Å². The van der Waals surface area contributed by atoms with Crippen LogP contribution in [0.4, 0.5) is 4.39 Å². The van der Waals surface area contributed by atoms with Crippen LogP contribution in [0, 0.1) is 5.82 Å². The fourth-order valence-electron chi connectivity index (χ4n) is 1.16. The molecule has 0 bridgehead atoms. The molecular formula is C10H13ClFNO2S. The average molecular weight is 266 g/mol. The van der Waals surface area contributed by atoms with Gasteiger partial charge in [-0.1, -0.05) is 12.1 Å². The van der Waals surface area contributed by atoms with Gasteiger partial charge >= 0.3 is 0 Å². The molecule has 90 valence electrons. The van der Waals surface area contributed by atoms with Crippen LogP contribution in [0.1, 0.15) is 12.0 Å². The topological polar surface area (TPSA) is 46.2 Å². The third kappa shape index (κ3) is 4.92.